The molecule has 1 aromatic rings. The fourth-order valence-corrected chi connectivity index (χ4v) is 1.64. The number of ether oxygens (including phenoxy) is 1. The van der Waals surface area contributed by atoms with Gasteiger partial charge in [0.05, 0.1) is 12.9 Å². The molecule has 0 saturated carbocycles. The van der Waals surface area contributed by atoms with Crippen LogP contribution in [0.2, 0.25) is 0 Å². The van der Waals surface area contributed by atoms with Gasteiger partial charge < -0.3 is 4.74 Å². The molecule has 0 aromatic heterocycles. The van der Waals surface area contributed by atoms with Crippen molar-refractivity contribution < 1.29 is 26.1 Å². The standard InChI is InChI=1S/C10H11ClF2O4S/c1-18(14,15)16-7-6-8-2-4-9(5-3-8)17-10(11,12)13/h2-5H,6-7H2,1H3. The van der Waals surface area contributed by atoms with Gasteiger partial charge in [0, 0.05) is 11.6 Å². The quantitative estimate of drug-likeness (QED) is 0.598. The van der Waals surface area contributed by atoms with Crippen molar-refractivity contribution in [1.29, 1.82) is 0 Å². The molecule has 0 N–H and O–H groups in total. The molecule has 0 aliphatic heterocycles. The highest BCUT2D eigenvalue weighted by molar-refractivity contribution is 7.85. The normalized spacial score (nSPS) is 12.4. The lowest BCUT2D eigenvalue weighted by Gasteiger charge is -2.10. The summed E-state index contributed by atoms with van der Waals surface area (Å²) in [5.74, 6) is -0.0808. The van der Waals surface area contributed by atoms with Crippen LogP contribution in [0.25, 0.3) is 0 Å². The molecule has 0 atom stereocenters. The number of alkyl halides is 3. The number of rotatable bonds is 6. The van der Waals surface area contributed by atoms with Crippen molar-refractivity contribution in [3.63, 3.8) is 0 Å². The van der Waals surface area contributed by atoms with E-state index in [2.05, 4.69) is 20.5 Å². The zero-order valence-corrected chi connectivity index (χ0v) is 11.0. The van der Waals surface area contributed by atoms with Gasteiger partial charge in [0.1, 0.15) is 5.75 Å². The number of halogens is 3. The van der Waals surface area contributed by atoms with Crippen molar-refractivity contribution in [1.82, 2.24) is 0 Å². The van der Waals surface area contributed by atoms with Gasteiger partial charge in [0.15, 0.2) is 0 Å². The summed E-state index contributed by atoms with van der Waals surface area (Å²) in [6, 6.07) is 5.66. The Morgan fingerprint density at radius 2 is 1.83 bits per heavy atom. The van der Waals surface area contributed by atoms with Crippen molar-refractivity contribution in [2.45, 2.75) is 12.0 Å². The smallest absolute Gasteiger partial charge is 0.420 e. The molecule has 0 aliphatic carbocycles. The number of hydrogen-bond acceptors (Lipinski definition) is 4. The molecule has 0 bridgehead atoms. The summed E-state index contributed by atoms with van der Waals surface area (Å²) in [7, 11) is -3.47. The zero-order chi connectivity index (χ0) is 13.8. The van der Waals surface area contributed by atoms with Crippen molar-refractivity contribution >= 4 is 21.7 Å². The SMILES string of the molecule is CS(=O)(=O)OCCc1ccc(OC(F)(F)Cl)cc1. The van der Waals surface area contributed by atoms with E-state index in [-0.39, 0.29) is 12.4 Å². The van der Waals surface area contributed by atoms with Gasteiger partial charge in [-0.1, -0.05) is 12.1 Å². The van der Waals surface area contributed by atoms with E-state index in [1.165, 1.54) is 24.3 Å². The molecule has 0 aliphatic rings. The van der Waals surface area contributed by atoms with Crippen LogP contribution < -0.4 is 4.74 Å². The Morgan fingerprint density at radius 1 is 1.28 bits per heavy atom. The van der Waals surface area contributed by atoms with E-state index in [0.29, 0.717) is 6.42 Å². The van der Waals surface area contributed by atoms with Gasteiger partial charge in [-0.15, -0.1) is 8.78 Å². The first kappa shape index (κ1) is 15.1. The Balaban J connectivity index is 2.51. The Kier molecular flexibility index (Phi) is 4.89. The first-order valence-corrected chi connectivity index (χ1v) is 7.04. The molecule has 0 unspecified atom stereocenters. The van der Waals surface area contributed by atoms with Crippen molar-refractivity contribution in [2.75, 3.05) is 12.9 Å². The minimum Gasteiger partial charge on any atom is -0.420 e. The molecule has 0 radical (unpaired) electrons. The summed E-state index contributed by atoms with van der Waals surface area (Å²) in [5.41, 5.74) is -3.02. The first-order chi connectivity index (χ1) is 8.16. The summed E-state index contributed by atoms with van der Waals surface area (Å²) in [6.45, 7) is -0.00922. The van der Waals surface area contributed by atoms with Gasteiger partial charge in [0.2, 0.25) is 0 Å². The Labute approximate surface area is 109 Å². The van der Waals surface area contributed by atoms with Gasteiger partial charge >= 0.3 is 5.57 Å². The summed E-state index contributed by atoms with van der Waals surface area (Å²) < 4.78 is 54.6. The van der Waals surface area contributed by atoms with E-state index >= 15 is 0 Å². The van der Waals surface area contributed by atoms with E-state index < -0.39 is 15.7 Å². The van der Waals surface area contributed by atoms with Gasteiger partial charge in [-0.05, 0) is 24.1 Å². The Bertz CT molecular complexity index is 482. The highest BCUT2D eigenvalue weighted by Gasteiger charge is 2.27. The third kappa shape index (κ3) is 6.73. The maximum atomic E-state index is 12.3. The van der Waals surface area contributed by atoms with Crippen LogP contribution in [-0.2, 0) is 20.7 Å². The van der Waals surface area contributed by atoms with Crippen molar-refractivity contribution in [3.05, 3.63) is 29.8 Å². The second-order valence-corrected chi connectivity index (χ2v) is 5.55. The van der Waals surface area contributed by atoms with Crippen LogP contribution in [0.3, 0.4) is 0 Å². The Hall–Kier alpha value is -0.920. The minimum atomic E-state index is -3.75. The highest BCUT2D eigenvalue weighted by Crippen LogP contribution is 2.25. The third-order valence-corrected chi connectivity index (χ3v) is 2.52. The predicted octanol–water partition coefficient (Wildman–Crippen LogP) is 2.37. The summed E-state index contributed by atoms with van der Waals surface area (Å²) in [4.78, 5) is 0. The largest absolute Gasteiger partial charge is 0.487 e. The van der Waals surface area contributed by atoms with Crippen LogP contribution in [0, 0.1) is 0 Å². The summed E-state index contributed by atoms with van der Waals surface area (Å²) in [5, 5.41) is 0. The van der Waals surface area contributed by atoms with Gasteiger partial charge in [-0.3, -0.25) is 4.18 Å². The van der Waals surface area contributed by atoms with Crippen LogP contribution in [0.5, 0.6) is 5.75 Å². The van der Waals surface area contributed by atoms with E-state index in [0.717, 1.165) is 11.8 Å². The minimum absolute atomic E-state index is 0.00922. The summed E-state index contributed by atoms with van der Waals surface area (Å²) >= 11 is 4.60. The molecule has 102 valence electrons. The molecule has 1 aromatic carbocycles. The molecule has 18 heavy (non-hydrogen) atoms. The lowest BCUT2D eigenvalue weighted by Crippen LogP contribution is -2.15. The molecule has 1 rings (SSSR count). The van der Waals surface area contributed by atoms with Crippen molar-refractivity contribution in [2.24, 2.45) is 0 Å². The Morgan fingerprint density at radius 3 is 2.28 bits per heavy atom. The zero-order valence-electron chi connectivity index (χ0n) is 9.40. The predicted molar refractivity (Wildman–Crippen MR) is 62.4 cm³/mol. The number of benzene rings is 1. The molecule has 0 saturated heterocycles. The molecule has 8 heteroatoms. The lowest BCUT2D eigenvalue weighted by molar-refractivity contribution is -0.0964. The van der Waals surface area contributed by atoms with Crippen LogP contribution >= 0.6 is 11.6 Å². The molecular weight excluding hydrogens is 290 g/mol. The molecule has 0 heterocycles. The monoisotopic (exact) mass is 300 g/mol. The van der Waals surface area contributed by atoms with E-state index in [9.17, 15) is 17.2 Å². The van der Waals surface area contributed by atoms with E-state index in [1.54, 1.807) is 0 Å². The maximum absolute atomic E-state index is 12.3. The third-order valence-electron chi connectivity index (χ3n) is 1.85. The second kappa shape index (κ2) is 5.81. The maximum Gasteiger partial charge on any atom is 0.487 e. The second-order valence-electron chi connectivity index (χ2n) is 3.47. The van der Waals surface area contributed by atoms with Gasteiger partial charge in [-0.2, -0.15) is 8.42 Å². The van der Waals surface area contributed by atoms with Crippen molar-refractivity contribution in [3.8, 4) is 5.75 Å². The highest BCUT2D eigenvalue weighted by atomic mass is 35.5. The van der Waals surface area contributed by atoms with Crippen LogP contribution in [0.4, 0.5) is 8.78 Å². The van der Waals surface area contributed by atoms with E-state index in [4.69, 9.17) is 0 Å². The van der Waals surface area contributed by atoms with Gasteiger partial charge in [-0.25, -0.2) is 0 Å². The van der Waals surface area contributed by atoms with Crippen LogP contribution in [0.15, 0.2) is 24.3 Å². The van der Waals surface area contributed by atoms with Crippen LogP contribution in [0.1, 0.15) is 5.56 Å². The summed E-state index contributed by atoms with van der Waals surface area (Å²) in [6.07, 6.45) is 1.29. The molecule has 4 nitrogen and oxygen atoms in total. The van der Waals surface area contributed by atoms with E-state index in [1.807, 2.05) is 0 Å². The average Bonchev–Trinajstić information content (AvgIpc) is 2.16. The van der Waals surface area contributed by atoms with Crippen LogP contribution in [-0.4, -0.2) is 26.8 Å². The first-order valence-electron chi connectivity index (χ1n) is 4.85. The topological polar surface area (TPSA) is 52.6 Å². The molecule has 0 spiro atoms. The van der Waals surface area contributed by atoms with Gasteiger partial charge in [0.25, 0.3) is 10.1 Å². The fourth-order valence-electron chi connectivity index (χ4n) is 1.17. The fraction of sp³-hybridized carbons (Fsp3) is 0.400. The number of hydrogen-bond donors (Lipinski definition) is 0. The lowest BCUT2D eigenvalue weighted by atomic mass is 10.1. The molecule has 0 fully saturated rings. The molecule has 0 amide bonds. The average molecular weight is 301 g/mol. The molecular formula is C10H11ClF2O4S.